The lowest BCUT2D eigenvalue weighted by Gasteiger charge is -2.11. The van der Waals surface area contributed by atoms with Crippen molar-refractivity contribution >= 4 is 0 Å². The topological polar surface area (TPSA) is 70.0 Å². The van der Waals surface area contributed by atoms with Crippen molar-refractivity contribution in [1.82, 2.24) is 0 Å². The van der Waals surface area contributed by atoms with Crippen molar-refractivity contribution in [1.29, 1.82) is 5.26 Å². The van der Waals surface area contributed by atoms with E-state index in [1.807, 2.05) is 0 Å². The standard InChI is InChI=1S/C9H8F2N2O/c10-3-7(13)8-5(4-12)1-2-6(11)9(8)14/h1-2,7,14H,3,13H2/t7-/m0/s1. The number of halogens is 2. The average molecular weight is 198 g/mol. The van der Waals surface area contributed by atoms with Gasteiger partial charge in [-0.2, -0.15) is 5.26 Å². The van der Waals surface area contributed by atoms with E-state index >= 15 is 0 Å². The van der Waals surface area contributed by atoms with Crippen LogP contribution in [0.15, 0.2) is 12.1 Å². The molecule has 0 aliphatic rings. The van der Waals surface area contributed by atoms with Gasteiger partial charge in [0.2, 0.25) is 0 Å². The van der Waals surface area contributed by atoms with Crippen molar-refractivity contribution in [3.63, 3.8) is 0 Å². The zero-order chi connectivity index (χ0) is 10.7. The summed E-state index contributed by atoms with van der Waals surface area (Å²) in [7, 11) is 0. The highest BCUT2D eigenvalue weighted by molar-refractivity contribution is 5.48. The summed E-state index contributed by atoms with van der Waals surface area (Å²) in [5, 5.41) is 17.9. The normalized spacial score (nSPS) is 12.1. The van der Waals surface area contributed by atoms with E-state index in [1.165, 1.54) is 0 Å². The minimum Gasteiger partial charge on any atom is -0.505 e. The molecule has 0 unspecified atom stereocenters. The molecule has 14 heavy (non-hydrogen) atoms. The predicted octanol–water partition coefficient (Wildman–Crippen LogP) is 1.37. The van der Waals surface area contributed by atoms with E-state index in [4.69, 9.17) is 11.0 Å². The molecule has 0 aliphatic carbocycles. The molecule has 1 aromatic rings. The fraction of sp³-hybridized carbons (Fsp3) is 0.222. The van der Waals surface area contributed by atoms with Gasteiger partial charge >= 0.3 is 0 Å². The number of phenols is 1. The number of aromatic hydroxyl groups is 1. The molecule has 3 nitrogen and oxygen atoms in total. The molecule has 3 N–H and O–H groups in total. The van der Waals surface area contributed by atoms with Crippen molar-refractivity contribution in [2.24, 2.45) is 5.73 Å². The fourth-order valence-electron chi connectivity index (χ4n) is 1.13. The molecular weight excluding hydrogens is 190 g/mol. The Morgan fingerprint density at radius 1 is 1.57 bits per heavy atom. The van der Waals surface area contributed by atoms with Gasteiger partial charge in [0.25, 0.3) is 0 Å². The van der Waals surface area contributed by atoms with Gasteiger partial charge in [0.1, 0.15) is 6.67 Å². The molecule has 1 atom stereocenters. The lowest BCUT2D eigenvalue weighted by atomic mass is 10.0. The Morgan fingerprint density at radius 3 is 2.71 bits per heavy atom. The molecule has 0 bridgehead atoms. The molecule has 0 radical (unpaired) electrons. The second-order valence-corrected chi connectivity index (χ2v) is 2.73. The first-order valence-corrected chi connectivity index (χ1v) is 3.84. The number of hydrogen-bond donors (Lipinski definition) is 2. The molecule has 0 saturated carbocycles. The summed E-state index contributed by atoms with van der Waals surface area (Å²) < 4.78 is 25.1. The van der Waals surface area contributed by atoms with Crippen LogP contribution in [-0.2, 0) is 0 Å². The van der Waals surface area contributed by atoms with Gasteiger partial charge in [-0.3, -0.25) is 0 Å². The van der Waals surface area contributed by atoms with Crippen LogP contribution in [0, 0.1) is 17.1 Å². The monoisotopic (exact) mass is 198 g/mol. The second kappa shape index (κ2) is 4.03. The van der Waals surface area contributed by atoms with Gasteiger partial charge in [0.15, 0.2) is 11.6 Å². The van der Waals surface area contributed by atoms with Crippen molar-refractivity contribution < 1.29 is 13.9 Å². The van der Waals surface area contributed by atoms with Gasteiger partial charge in [0, 0.05) is 5.56 Å². The third kappa shape index (κ3) is 1.65. The number of nitriles is 1. The van der Waals surface area contributed by atoms with Crippen LogP contribution in [0.4, 0.5) is 8.78 Å². The number of rotatable bonds is 2. The Labute approximate surface area is 79.4 Å². The van der Waals surface area contributed by atoms with E-state index in [0.717, 1.165) is 12.1 Å². The molecule has 0 heterocycles. The minimum atomic E-state index is -1.18. The quantitative estimate of drug-likeness (QED) is 0.753. The van der Waals surface area contributed by atoms with Gasteiger partial charge < -0.3 is 10.8 Å². The maximum atomic E-state index is 12.9. The van der Waals surface area contributed by atoms with E-state index in [-0.39, 0.29) is 11.1 Å². The number of nitrogens with zero attached hydrogens (tertiary/aromatic N) is 1. The summed E-state index contributed by atoms with van der Waals surface area (Å²) in [6, 6.07) is 2.61. The third-order valence-corrected chi connectivity index (χ3v) is 1.83. The summed E-state index contributed by atoms with van der Waals surface area (Å²) >= 11 is 0. The van der Waals surface area contributed by atoms with E-state index in [0.29, 0.717) is 0 Å². The molecule has 1 rings (SSSR count). The highest BCUT2D eigenvalue weighted by atomic mass is 19.1. The molecular formula is C9H8F2N2O. The van der Waals surface area contributed by atoms with Crippen LogP contribution in [-0.4, -0.2) is 11.8 Å². The number of hydrogen-bond acceptors (Lipinski definition) is 3. The smallest absolute Gasteiger partial charge is 0.165 e. The van der Waals surface area contributed by atoms with Crippen LogP contribution in [0.3, 0.4) is 0 Å². The molecule has 0 spiro atoms. The van der Waals surface area contributed by atoms with Gasteiger partial charge in [-0.15, -0.1) is 0 Å². The number of nitrogens with two attached hydrogens (primary N) is 1. The van der Waals surface area contributed by atoms with Gasteiger partial charge in [0.05, 0.1) is 17.7 Å². The average Bonchev–Trinajstić information content (AvgIpc) is 2.20. The van der Waals surface area contributed by atoms with Crippen molar-refractivity contribution in [3.05, 3.63) is 29.1 Å². The lowest BCUT2D eigenvalue weighted by molar-refractivity contribution is 0.395. The summed E-state index contributed by atoms with van der Waals surface area (Å²) in [5.41, 5.74) is 5.08. The molecule has 0 aliphatic heterocycles. The summed E-state index contributed by atoms with van der Waals surface area (Å²) in [4.78, 5) is 0. The zero-order valence-electron chi connectivity index (χ0n) is 7.17. The highest BCUT2D eigenvalue weighted by Crippen LogP contribution is 2.29. The summed E-state index contributed by atoms with van der Waals surface area (Å²) in [5.74, 6) is -1.67. The number of phenolic OH excluding ortho intramolecular Hbond substituents is 1. The van der Waals surface area contributed by atoms with Crippen LogP contribution in [0.5, 0.6) is 5.75 Å². The zero-order valence-corrected chi connectivity index (χ0v) is 7.17. The fourth-order valence-corrected chi connectivity index (χ4v) is 1.13. The molecule has 0 saturated heterocycles. The molecule has 1 aromatic carbocycles. The molecule has 5 heteroatoms. The van der Waals surface area contributed by atoms with E-state index in [2.05, 4.69) is 0 Å². The van der Waals surface area contributed by atoms with Crippen LogP contribution in [0.1, 0.15) is 17.2 Å². The molecule has 74 valence electrons. The predicted molar refractivity (Wildman–Crippen MR) is 45.7 cm³/mol. The molecule has 0 amide bonds. The molecule has 0 aromatic heterocycles. The third-order valence-electron chi connectivity index (χ3n) is 1.83. The Balaban J connectivity index is 3.37. The van der Waals surface area contributed by atoms with Crippen molar-refractivity contribution in [3.8, 4) is 11.8 Å². The van der Waals surface area contributed by atoms with Crippen molar-refractivity contribution in [2.45, 2.75) is 6.04 Å². The Morgan fingerprint density at radius 2 is 2.21 bits per heavy atom. The van der Waals surface area contributed by atoms with Crippen LogP contribution < -0.4 is 5.73 Å². The van der Waals surface area contributed by atoms with Gasteiger partial charge in [-0.05, 0) is 12.1 Å². The Hall–Kier alpha value is -1.67. The van der Waals surface area contributed by atoms with Crippen LogP contribution >= 0.6 is 0 Å². The van der Waals surface area contributed by atoms with E-state index < -0.39 is 24.3 Å². The van der Waals surface area contributed by atoms with Crippen LogP contribution in [0.2, 0.25) is 0 Å². The van der Waals surface area contributed by atoms with Crippen molar-refractivity contribution in [2.75, 3.05) is 6.67 Å². The SMILES string of the molecule is N#Cc1ccc(F)c(O)c1[C@@H](N)CF. The first kappa shape index (κ1) is 10.4. The number of benzene rings is 1. The Bertz CT molecular complexity index is 387. The van der Waals surface area contributed by atoms with E-state index in [9.17, 15) is 13.9 Å². The number of alkyl halides is 1. The minimum absolute atomic E-state index is 0.0194. The summed E-state index contributed by atoms with van der Waals surface area (Å²) in [6.45, 7) is -0.967. The lowest BCUT2D eigenvalue weighted by Crippen LogP contribution is -2.14. The second-order valence-electron chi connectivity index (χ2n) is 2.73. The van der Waals surface area contributed by atoms with Gasteiger partial charge in [-0.25, -0.2) is 8.78 Å². The summed E-state index contributed by atoms with van der Waals surface area (Å²) in [6.07, 6.45) is 0. The Kier molecular flexibility index (Phi) is 2.99. The maximum absolute atomic E-state index is 12.9. The largest absolute Gasteiger partial charge is 0.505 e. The highest BCUT2D eigenvalue weighted by Gasteiger charge is 2.18. The van der Waals surface area contributed by atoms with E-state index in [1.54, 1.807) is 6.07 Å². The van der Waals surface area contributed by atoms with Crippen LogP contribution in [0.25, 0.3) is 0 Å². The molecule has 0 fully saturated rings. The first-order chi connectivity index (χ1) is 6.61. The van der Waals surface area contributed by atoms with Gasteiger partial charge in [-0.1, -0.05) is 0 Å². The maximum Gasteiger partial charge on any atom is 0.165 e. The first-order valence-electron chi connectivity index (χ1n) is 3.84.